The highest BCUT2D eigenvalue weighted by Crippen LogP contribution is 2.30. The van der Waals surface area contributed by atoms with E-state index in [1.165, 1.54) is 18.2 Å². The van der Waals surface area contributed by atoms with Gasteiger partial charge in [-0.1, -0.05) is 12.1 Å². The average Bonchev–Trinajstić information content (AvgIpc) is 3.38. The lowest BCUT2D eigenvalue weighted by Gasteiger charge is -2.23. The minimum atomic E-state index is -0.658. The molecule has 1 fully saturated rings. The maximum Gasteiger partial charge on any atom is 0.254 e. The summed E-state index contributed by atoms with van der Waals surface area (Å²) in [6.07, 6.45) is 1.74. The third-order valence-corrected chi connectivity index (χ3v) is 3.84. The lowest BCUT2D eigenvalue weighted by Crippen LogP contribution is -2.33. The maximum atomic E-state index is 13.9. The van der Waals surface area contributed by atoms with E-state index >= 15 is 0 Å². The van der Waals surface area contributed by atoms with E-state index in [2.05, 4.69) is 0 Å². The van der Waals surface area contributed by atoms with Crippen LogP contribution in [0.3, 0.4) is 0 Å². The Morgan fingerprint density at radius 2 is 2.00 bits per heavy atom. The molecule has 0 unspecified atom stereocenters. The zero-order valence-electron chi connectivity index (χ0n) is 12.3. The fourth-order valence-electron chi connectivity index (χ4n) is 2.47. The number of carbonyl (C=O) groups excluding carboxylic acids is 1. The topological polar surface area (TPSA) is 44.1 Å². The third-order valence-electron chi connectivity index (χ3n) is 3.84. The summed E-state index contributed by atoms with van der Waals surface area (Å²) in [5.74, 6) is -1.54. The van der Waals surface area contributed by atoms with Gasteiger partial charge in [-0.2, -0.15) is 5.26 Å². The summed E-state index contributed by atoms with van der Waals surface area (Å²) < 4.78 is 26.9. The van der Waals surface area contributed by atoms with Crippen molar-refractivity contribution in [1.29, 1.82) is 5.26 Å². The van der Waals surface area contributed by atoms with Crippen LogP contribution >= 0.6 is 0 Å². The van der Waals surface area contributed by atoms with Gasteiger partial charge < -0.3 is 4.90 Å². The van der Waals surface area contributed by atoms with Gasteiger partial charge in [0.25, 0.3) is 5.91 Å². The first kappa shape index (κ1) is 15.2. The van der Waals surface area contributed by atoms with E-state index in [1.54, 1.807) is 23.1 Å². The Labute approximate surface area is 132 Å². The van der Waals surface area contributed by atoms with Gasteiger partial charge in [-0.3, -0.25) is 4.79 Å². The van der Waals surface area contributed by atoms with Crippen molar-refractivity contribution in [3.8, 4) is 6.07 Å². The molecule has 116 valence electrons. The number of hydrogen-bond donors (Lipinski definition) is 0. The molecule has 0 atom stereocenters. The van der Waals surface area contributed by atoms with Crippen molar-refractivity contribution in [1.82, 2.24) is 4.90 Å². The minimum absolute atomic E-state index is 0.0673. The van der Waals surface area contributed by atoms with Gasteiger partial charge in [-0.05, 0) is 37.1 Å². The molecule has 1 aliphatic carbocycles. The number of carbonyl (C=O) groups is 1. The van der Waals surface area contributed by atoms with Crippen molar-refractivity contribution >= 4 is 5.91 Å². The fraction of sp³-hybridized carbons (Fsp3) is 0.222. The quantitative estimate of drug-likeness (QED) is 0.865. The molecule has 0 saturated heterocycles. The maximum absolute atomic E-state index is 13.9. The van der Waals surface area contributed by atoms with Crippen LogP contribution < -0.4 is 0 Å². The van der Waals surface area contributed by atoms with Crippen LogP contribution in [0.15, 0.2) is 42.5 Å². The predicted molar refractivity (Wildman–Crippen MR) is 80.4 cm³/mol. The third kappa shape index (κ3) is 3.37. The summed E-state index contributed by atoms with van der Waals surface area (Å²) in [6.45, 7) is 0.0897. The SMILES string of the molecule is N#Cc1cccc(C(=O)N(Cc2ccc(F)cc2F)C2CC2)c1. The molecule has 1 saturated carbocycles. The molecule has 3 rings (SSSR count). The Morgan fingerprint density at radius 1 is 1.22 bits per heavy atom. The Morgan fingerprint density at radius 3 is 2.65 bits per heavy atom. The van der Waals surface area contributed by atoms with Crippen molar-refractivity contribution in [2.24, 2.45) is 0 Å². The summed E-state index contributed by atoms with van der Waals surface area (Å²) in [5.41, 5.74) is 1.08. The first-order chi connectivity index (χ1) is 11.1. The summed E-state index contributed by atoms with van der Waals surface area (Å²) in [5, 5.41) is 8.94. The van der Waals surface area contributed by atoms with Crippen molar-refractivity contribution in [3.63, 3.8) is 0 Å². The zero-order chi connectivity index (χ0) is 16.4. The molecular weight excluding hydrogens is 298 g/mol. The summed E-state index contributed by atoms with van der Waals surface area (Å²) >= 11 is 0. The van der Waals surface area contributed by atoms with E-state index in [0.29, 0.717) is 11.1 Å². The smallest absolute Gasteiger partial charge is 0.254 e. The lowest BCUT2D eigenvalue weighted by molar-refractivity contribution is 0.0728. The molecule has 2 aromatic rings. The Kier molecular flexibility index (Phi) is 4.07. The van der Waals surface area contributed by atoms with E-state index < -0.39 is 11.6 Å². The van der Waals surface area contributed by atoms with Gasteiger partial charge in [0.15, 0.2) is 0 Å². The van der Waals surface area contributed by atoms with Gasteiger partial charge in [0, 0.05) is 29.8 Å². The predicted octanol–water partition coefficient (Wildman–Crippen LogP) is 3.64. The van der Waals surface area contributed by atoms with Crippen molar-refractivity contribution in [2.75, 3.05) is 0 Å². The van der Waals surface area contributed by atoms with E-state index in [0.717, 1.165) is 18.9 Å². The fourth-order valence-corrected chi connectivity index (χ4v) is 2.47. The van der Waals surface area contributed by atoms with E-state index in [9.17, 15) is 13.6 Å². The largest absolute Gasteiger partial charge is 0.331 e. The van der Waals surface area contributed by atoms with Crippen LogP contribution in [0, 0.1) is 23.0 Å². The number of benzene rings is 2. The van der Waals surface area contributed by atoms with E-state index in [1.807, 2.05) is 6.07 Å². The van der Waals surface area contributed by atoms with Crippen molar-refractivity contribution in [3.05, 3.63) is 70.8 Å². The Balaban J connectivity index is 1.86. The molecule has 0 radical (unpaired) electrons. The second-order valence-electron chi connectivity index (χ2n) is 5.59. The number of hydrogen-bond acceptors (Lipinski definition) is 2. The van der Waals surface area contributed by atoms with Gasteiger partial charge in [0.05, 0.1) is 11.6 Å². The average molecular weight is 312 g/mol. The Hall–Kier alpha value is -2.74. The van der Waals surface area contributed by atoms with Gasteiger partial charge in [-0.25, -0.2) is 8.78 Å². The standard InChI is InChI=1S/C18H14F2N2O/c19-15-5-4-14(17(20)9-15)11-22(16-6-7-16)18(23)13-3-1-2-12(8-13)10-21/h1-5,8-9,16H,6-7,11H2. The summed E-state index contributed by atoms with van der Waals surface area (Å²) in [7, 11) is 0. The summed E-state index contributed by atoms with van der Waals surface area (Å²) in [6, 6.07) is 11.9. The van der Waals surface area contributed by atoms with Gasteiger partial charge in [0.2, 0.25) is 0 Å². The van der Waals surface area contributed by atoms with Crippen LogP contribution in [0.25, 0.3) is 0 Å². The molecule has 1 aliphatic rings. The highest BCUT2D eigenvalue weighted by molar-refractivity contribution is 5.95. The van der Waals surface area contributed by atoms with E-state index in [4.69, 9.17) is 5.26 Å². The molecule has 0 heterocycles. The van der Waals surface area contributed by atoms with Gasteiger partial charge in [-0.15, -0.1) is 0 Å². The second-order valence-corrected chi connectivity index (χ2v) is 5.59. The van der Waals surface area contributed by atoms with Crippen LogP contribution in [-0.4, -0.2) is 16.8 Å². The monoisotopic (exact) mass is 312 g/mol. The zero-order valence-corrected chi connectivity index (χ0v) is 12.3. The molecule has 0 spiro atoms. The van der Waals surface area contributed by atoms with Gasteiger partial charge in [0.1, 0.15) is 11.6 Å². The molecule has 0 N–H and O–H groups in total. The van der Waals surface area contributed by atoms with Crippen LogP contribution in [0.5, 0.6) is 0 Å². The van der Waals surface area contributed by atoms with Crippen LogP contribution in [-0.2, 0) is 6.54 Å². The van der Waals surface area contributed by atoms with Crippen LogP contribution in [0.2, 0.25) is 0 Å². The van der Waals surface area contributed by atoms with E-state index in [-0.39, 0.29) is 24.1 Å². The normalized spacial score (nSPS) is 13.4. The molecule has 2 aromatic carbocycles. The first-order valence-corrected chi connectivity index (χ1v) is 7.33. The molecule has 0 aliphatic heterocycles. The van der Waals surface area contributed by atoms with Crippen LogP contribution in [0.1, 0.15) is 34.3 Å². The molecule has 0 bridgehead atoms. The Bertz CT molecular complexity index is 794. The first-order valence-electron chi connectivity index (χ1n) is 7.33. The molecule has 23 heavy (non-hydrogen) atoms. The van der Waals surface area contributed by atoms with Crippen LogP contribution in [0.4, 0.5) is 8.78 Å². The number of nitriles is 1. The van der Waals surface area contributed by atoms with Crippen molar-refractivity contribution in [2.45, 2.75) is 25.4 Å². The molecule has 1 amide bonds. The summed E-state index contributed by atoms with van der Waals surface area (Å²) in [4.78, 5) is 14.3. The number of rotatable bonds is 4. The molecule has 5 heteroatoms. The number of amides is 1. The minimum Gasteiger partial charge on any atom is -0.331 e. The highest BCUT2D eigenvalue weighted by Gasteiger charge is 2.33. The molecular formula is C18H14F2N2O. The lowest BCUT2D eigenvalue weighted by atomic mass is 10.1. The number of halogens is 2. The van der Waals surface area contributed by atoms with Crippen molar-refractivity contribution < 1.29 is 13.6 Å². The molecule has 0 aromatic heterocycles. The second kappa shape index (κ2) is 6.17. The molecule has 3 nitrogen and oxygen atoms in total. The number of nitrogens with zero attached hydrogens (tertiary/aromatic N) is 2. The van der Waals surface area contributed by atoms with Gasteiger partial charge >= 0.3 is 0 Å². The highest BCUT2D eigenvalue weighted by atomic mass is 19.1.